The van der Waals surface area contributed by atoms with Gasteiger partial charge in [0, 0.05) is 48.5 Å². The van der Waals surface area contributed by atoms with Crippen LogP contribution in [0.1, 0.15) is 21.5 Å². The summed E-state index contributed by atoms with van der Waals surface area (Å²) in [4.78, 5) is 60.8. The van der Waals surface area contributed by atoms with Crippen molar-refractivity contribution in [2.24, 2.45) is 19.8 Å². The predicted octanol–water partition coefficient (Wildman–Crippen LogP) is 4.85. The smallest absolute Gasteiger partial charge is 0.328 e. The molecule has 5 aromatic rings. The van der Waals surface area contributed by atoms with E-state index in [-0.39, 0.29) is 29.9 Å². The highest BCUT2D eigenvalue weighted by molar-refractivity contribution is 9.10. The van der Waals surface area contributed by atoms with E-state index >= 15 is 0 Å². The summed E-state index contributed by atoms with van der Waals surface area (Å²) in [5.41, 5.74) is 10.5. The maximum absolute atomic E-state index is 12.8. The van der Waals surface area contributed by atoms with Gasteiger partial charge in [0.15, 0.2) is 0 Å². The summed E-state index contributed by atoms with van der Waals surface area (Å²) in [6, 6.07) is 25.4. The fourth-order valence-corrected chi connectivity index (χ4v) is 5.80. The molecule has 0 spiro atoms. The number of benzene rings is 3. The van der Waals surface area contributed by atoms with Crippen molar-refractivity contribution in [3.8, 4) is 28.0 Å². The minimum Gasteiger partial charge on any atom is -0.497 e. The number of aromatic nitrogens is 2. The van der Waals surface area contributed by atoms with Gasteiger partial charge in [0.05, 0.1) is 26.9 Å². The van der Waals surface area contributed by atoms with Crippen molar-refractivity contribution in [3.63, 3.8) is 0 Å². The van der Waals surface area contributed by atoms with Gasteiger partial charge in [-0.05, 0) is 87.1 Å². The average Bonchev–Trinajstić information content (AvgIpc) is 3.17. The third-order valence-electron chi connectivity index (χ3n) is 8.39. The Morgan fingerprint density at radius 3 is 1.67 bits per heavy atom. The van der Waals surface area contributed by atoms with Crippen molar-refractivity contribution in [1.82, 2.24) is 14.5 Å². The Bertz CT molecular complexity index is 2190. The van der Waals surface area contributed by atoms with E-state index < -0.39 is 29.9 Å². The lowest BCUT2D eigenvalue weighted by molar-refractivity contribution is -0.143. The molecule has 0 fully saturated rings. The molecule has 0 aliphatic rings. The van der Waals surface area contributed by atoms with Crippen LogP contribution in [0, 0.1) is 0 Å². The Kier molecular flexibility index (Phi) is 16.0. The van der Waals surface area contributed by atoms with Gasteiger partial charge >= 0.3 is 11.9 Å². The van der Waals surface area contributed by atoms with Crippen molar-refractivity contribution in [3.05, 3.63) is 145 Å². The number of halogens is 2. The molecule has 0 aliphatic carbocycles. The number of nitrogens with two attached hydrogens (primary N) is 1. The molecule has 3 aromatic carbocycles. The number of pyridine rings is 2. The predicted molar refractivity (Wildman–Crippen MR) is 213 cm³/mol. The van der Waals surface area contributed by atoms with E-state index in [9.17, 15) is 24.0 Å². The molecule has 0 radical (unpaired) electrons. The Morgan fingerprint density at radius 2 is 1.20 bits per heavy atom. The van der Waals surface area contributed by atoms with Crippen molar-refractivity contribution < 1.29 is 28.6 Å². The first-order valence-electron chi connectivity index (χ1n) is 16.4. The zero-order chi connectivity index (χ0) is 38.7. The first kappa shape index (κ1) is 42.9. The van der Waals surface area contributed by atoms with Gasteiger partial charge in [-0.3, -0.25) is 19.2 Å². The zero-order valence-electron chi connectivity index (χ0n) is 30.4. The van der Waals surface area contributed by atoms with Gasteiger partial charge in [-0.1, -0.05) is 48.5 Å². The molecule has 2 heterocycles. The van der Waals surface area contributed by atoms with Crippen LogP contribution in [-0.4, -0.2) is 60.4 Å². The second kappa shape index (κ2) is 20.1. The van der Waals surface area contributed by atoms with Gasteiger partial charge in [0.1, 0.15) is 17.8 Å². The maximum Gasteiger partial charge on any atom is 0.328 e. The number of methoxy groups -OCH3 is 3. The fourth-order valence-electron chi connectivity index (χ4n) is 5.38. The van der Waals surface area contributed by atoms with Crippen LogP contribution in [0.5, 0.6) is 5.75 Å². The van der Waals surface area contributed by atoms with Crippen LogP contribution < -0.4 is 26.9 Å². The van der Waals surface area contributed by atoms with E-state index in [4.69, 9.17) is 15.2 Å². The minimum atomic E-state index is -0.888. The first-order valence-corrected chi connectivity index (χ1v) is 17.2. The standard InChI is InChI=1S/C24H23BrN2O5.C16H18N2O3.ClH/c1-27-12-4-5-18(23(27)29)16-8-6-15(7-9-16)13-21(24(30)32-3)26-22(28)19-14-17(31-2)10-11-20(19)25;1-18-9-3-4-13(15(18)19)12-7-5-11(6-8-12)10-14(17)16(20)21-2;/h4-12,14,21H,13H2,1-3H3,(H,26,28);3-9,14H,10,17H2,1-2H3;1H. The summed E-state index contributed by atoms with van der Waals surface area (Å²) < 4.78 is 18.3. The van der Waals surface area contributed by atoms with Crippen LogP contribution in [0.15, 0.2) is 117 Å². The number of nitrogens with one attached hydrogen (secondary N) is 1. The number of hydrogen-bond acceptors (Lipinski definition) is 9. The summed E-state index contributed by atoms with van der Waals surface area (Å²) in [5, 5.41) is 2.74. The number of aryl methyl sites for hydroxylation is 2. The number of carbonyl (C=O) groups excluding carboxylic acids is 3. The van der Waals surface area contributed by atoms with Gasteiger partial charge in [-0.15, -0.1) is 12.4 Å². The molecular formula is C40H42BrClN4O8. The molecular weight excluding hydrogens is 780 g/mol. The normalized spacial score (nSPS) is 11.5. The fraction of sp³-hybridized carbons (Fsp3) is 0.225. The number of nitrogens with zero attached hydrogens (tertiary/aromatic N) is 2. The molecule has 54 heavy (non-hydrogen) atoms. The summed E-state index contributed by atoms with van der Waals surface area (Å²) in [6.45, 7) is 0. The van der Waals surface area contributed by atoms with E-state index in [1.807, 2.05) is 60.7 Å². The number of esters is 2. The summed E-state index contributed by atoms with van der Waals surface area (Å²) in [6.07, 6.45) is 4.05. The molecule has 0 aliphatic heterocycles. The summed E-state index contributed by atoms with van der Waals surface area (Å²) in [5.74, 6) is -0.902. The second-order valence-corrected chi connectivity index (χ2v) is 12.9. The molecule has 2 atom stereocenters. The Balaban J connectivity index is 0.000000310. The van der Waals surface area contributed by atoms with E-state index in [1.54, 1.807) is 56.8 Å². The highest BCUT2D eigenvalue weighted by atomic mass is 79.9. The monoisotopic (exact) mass is 820 g/mol. The number of rotatable bonds is 11. The van der Waals surface area contributed by atoms with E-state index in [1.165, 1.54) is 30.5 Å². The SMILES string of the molecule is COC(=O)C(Cc1ccc(-c2cccn(C)c2=O)cc1)NC(=O)c1cc(OC)ccc1Br.COC(=O)C(N)Cc1ccc(-c2cccn(C)c2=O)cc1.Cl. The highest BCUT2D eigenvalue weighted by Gasteiger charge is 2.24. The van der Waals surface area contributed by atoms with Crippen LogP contribution in [0.4, 0.5) is 0 Å². The molecule has 0 saturated heterocycles. The second-order valence-electron chi connectivity index (χ2n) is 12.0. The van der Waals surface area contributed by atoms with E-state index in [2.05, 4.69) is 26.0 Å². The maximum atomic E-state index is 12.8. The molecule has 284 valence electrons. The molecule has 0 bridgehead atoms. The van der Waals surface area contributed by atoms with Crippen LogP contribution in [0.3, 0.4) is 0 Å². The van der Waals surface area contributed by atoms with Gasteiger partial charge in [-0.25, -0.2) is 4.79 Å². The first-order chi connectivity index (χ1) is 25.4. The minimum absolute atomic E-state index is 0. The van der Waals surface area contributed by atoms with Crippen molar-refractivity contribution in [2.75, 3.05) is 21.3 Å². The van der Waals surface area contributed by atoms with Gasteiger partial charge in [-0.2, -0.15) is 0 Å². The molecule has 14 heteroatoms. The van der Waals surface area contributed by atoms with E-state index in [0.29, 0.717) is 33.3 Å². The molecule has 0 saturated carbocycles. The van der Waals surface area contributed by atoms with Crippen molar-refractivity contribution in [2.45, 2.75) is 24.9 Å². The molecule has 5 rings (SSSR count). The average molecular weight is 822 g/mol. The third kappa shape index (κ3) is 11.0. The number of carbonyl (C=O) groups is 3. The van der Waals surface area contributed by atoms with Crippen LogP contribution >= 0.6 is 28.3 Å². The molecule has 2 aromatic heterocycles. The summed E-state index contributed by atoms with van der Waals surface area (Å²) in [7, 11) is 7.52. The quantitative estimate of drug-likeness (QED) is 0.178. The van der Waals surface area contributed by atoms with Crippen molar-refractivity contribution >= 4 is 46.2 Å². The number of amides is 1. The van der Waals surface area contributed by atoms with Crippen LogP contribution in [0.25, 0.3) is 22.3 Å². The largest absolute Gasteiger partial charge is 0.497 e. The molecule has 12 nitrogen and oxygen atoms in total. The van der Waals surface area contributed by atoms with Crippen LogP contribution in [0.2, 0.25) is 0 Å². The molecule has 2 unspecified atom stereocenters. The highest BCUT2D eigenvalue weighted by Crippen LogP contribution is 2.23. The van der Waals surface area contributed by atoms with Crippen molar-refractivity contribution in [1.29, 1.82) is 0 Å². The van der Waals surface area contributed by atoms with Gasteiger partial charge < -0.3 is 34.4 Å². The number of ether oxygens (including phenoxy) is 3. The van der Waals surface area contributed by atoms with Gasteiger partial charge in [0.2, 0.25) is 0 Å². The lowest BCUT2D eigenvalue weighted by atomic mass is 10.0. The van der Waals surface area contributed by atoms with Gasteiger partial charge in [0.25, 0.3) is 17.0 Å². The Morgan fingerprint density at radius 1 is 0.722 bits per heavy atom. The summed E-state index contributed by atoms with van der Waals surface area (Å²) >= 11 is 3.35. The Labute approximate surface area is 327 Å². The Hall–Kier alpha value is -5.50. The topological polar surface area (TPSA) is 161 Å². The lowest BCUT2D eigenvalue weighted by Crippen LogP contribution is -2.43. The van der Waals surface area contributed by atoms with Crippen LogP contribution in [-0.2, 0) is 46.0 Å². The van der Waals surface area contributed by atoms with E-state index in [0.717, 1.165) is 22.3 Å². The molecule has 1 amide bonds. The lowest BCUT2D eigenvalue weighted by Gasteiger charge is -2.18. The third-order valence-corrected chi connectivity index (χ3v) is 9.08. The zero-order valence-corrected chi connectivity index (χ0v) is 32.8. The number of hydrogen-bond donors (Lipinski definition) is 2. The molecule has 3 N–H and O–H groups in total.